The maximum atomic E-state index is 3.38. The average Bonchev–Trinajstić information content (AvgIpc) is 2.39. The van der Waals surface area contributed by atoms with E-state index >= 15 is 0 Å². The van der Waals surface area contributed by atoms with Crippen LogP contribution in [-0.2, 0) is 0 Å². The minimum atomic E-state index is 0.667. The second-order valence-corrected chi connectivity index (χ2v) is 5.20. The number of hydrogen-bond donors (Lipinski definition) is 1. The van der Waals surface area contributed by atoms with Gasteiger partial charge in [0.2, 0.25) is 0 Å². The van der Waals surface area contributed by atoms with Gasteiger partial charge >= 0.3 is 0 Å². The zero-order chi connectivity index (χ0) is 13.0. The van der Waals surface area contributed by atoms with E-state index in [2.05, 4.69) is 60.2 Å². The third-order valence-electron chi connectivity index (χ3n) is 3.64. The van der Waals surface area contributed by atoms with Crippen LogP contribution in [0.15, 0.2) is 24.3 Å². The minimum Gasteiger partial charge on any atom is -0.385 e. The summed E-state index contributed by atoms with van der Waals surface area (Å²) in [5, 5.41) is 3.38. The summed E-state index contributed by atoms with van der Waals surface area (Å²) in [6.45, 7) is 12.3. The first kappa shape index (κ1) is 13.2. The van der Waals surface area contributed by atoms with Crippen LogP contribution in [0.1, 0.15) is 20.8 Å². The van der Waals surface area contributed by atoms with Crippen molar-refractivity contribution in [3.05, 3.63) is 24.3 Å². The standard InChI is InChI=1S/C15H25N3/c1-4-16-14-6-5-7-15(12-14)18-10-8-17(9-11-18)13(2)3/h5-7,12-13,16H,4,8-11H2,1-3H3. The highest BCUT2D eigenvalue weighted by molar-refractivity contribution is 5.58. The van der Waals surface area contributed by atoms with E-state index in [9.17, 15) is 0 Å². The van der Waals surface area contributed by atoms with Gasteiger partial charge in [-0.25, -0.2) is 0 Å². The van der Waals surface area contributed by atoms with Crippen molar-refractivity contribution in [1.82, 2.24) is 4.90 Å². The zero-order valence-corrected chi connectivity index (χ0v) is 11.8. The molecule has 0 atom stereocenters. The first-order valence-corrected chi connectivity index (χ1v) is 7.03. The Labute approximate surface area is 111 Å². The number of hydrogen-bond acceptors (Lipinski definition) is 3. The molecule has 100 valence electrons. The SMILES string of the molecule is CCNc1cccc(N2CCN(C(C)C)CC2)c1. The first-order chi connectivity index (χ1) is 8.70. The quantitative estimate of drug-likeness (QED) is 0.882. The lowest BCUT2D eigenvalue weighted by molar-refractivity contribution is 0.209. The van der Waals surface area contributed by atoms with Gasteiger partial charge in [0, 0.05) is 50.1 Å². The van der Waals surface area contributed by atoms with Crippen molar-refractivity contribution in [1.29, 1.82) is 0 Å². The Hall–Kier alpha value is -1.22. The first-order valence-electron chi connectivity index (χ1n) is 7.03. The van der Waals surface area contributed by atoms with Crippen molar-refractivity contribution in [3.8, 4) is 0 Å². The van der Waals surface area contributed by atoms with E-state index in [1.807, 2.05) is 0 Å². The number of piperazine rings is 1. The van der Waals surface area contributed by atoms with Crippen molar-refractivity contribution in [3.63, 3.8) is 0 Å². The molecule has 0 bridgehead atoms. The molecule has 1 aromatic carbocycles. The number of nitrogens with one attached hydrogen (secondary N) is 1. The van der Waals surface area contributed by atoms with Gasteiger partial charge in [0.15, 0.2) is 0 Å². The number of rotatable bonds is 4. The summed E-state index contributed by atoms with van der Waals surface area (Å²) in [6, 6.07) is 9.42. The van der Waals surface area contributed by atoms with Crippen LogP contribution in [0.4, 0.5) is 11.4 Å². The molecular weight excluding hydrogens is 222 g/mol. The largest absolute Gasteiger partial charge is 0.385 e. The van der Waals surface area contributed by atoms with Crippen LogP contribution < -0.4 is 10.2 Å². The second kappa shape index (κ2) is 6.10. The lowest BCUT2D eigenvalue weighted by Crippen LogP contribution is -2.48. The van der Waals surface area contributed by atoms with Crippen molar-refractivity contribution in [2.45, 2.75) is 26.8 Å². The maximum absolute atomic E-state index is 3.38. The molecular formula is C15H25N3. The Morgan fingerprint density at radius 3 is 2.50 bits per heavy atom. The van der Waals surface area contributed by atoms with Crippen molar-refractivity contribution in [2.75, 3.05) is 42.9 Å². The van der Waals surface area contributed by atoms with Crippen molar-refractivity contribution in [2.24, 2.45) is 0 Å². The third kappa shape index (κ3) is 3.16. The molecule has 1 aliphatic heterocycles. The minimum absolute atomic E-state index is 0.667. The molecule has 18 heavy (non-hydrogen) atoms. The molecule has 0 aromatic heterocycles. The molecule has 0 unspecified atom stereocenters. The van der Waals surface area contributed by atoms with Gasteiger partial charge < -0.3 is 10.2 Å². The molecule has 0 radical (unpaired) electrons. The second-order valence-electron chi connectivity index (χ2n) is 5.20. The summed E-state index contributed by atoms with van der Waals surface area (Å²) in [6.07, 6.45) is 0. The predicted octanol–water partition coefficient (Wildman–Crippen LogP) is 2.65. The van der Waals surface area contributed by atoms with Crippen molar-refractivity contribution < 1.29 is 0 Å². The Kier molecular flexibility index (Phi) is 4.48. The Bertz CT molecular complexity index is 368. The van der Waals surface area contributed by atoms with Gasteiger partial charge in [0.25, 0.3) is 0 Å². The lowest BCUT2D eigenvalue weighted by Gasteiger charge is -2.38. The molecule has 1 saturated heterocycles. The molecule has 0 amide bonds. The predicted molar refractivity (Wildman–Crippen MR) is 79.5 cm³/mol. The fraction of sp³-hybridized carbons (Fsp3) is 0.600. The summed E-state index contributed by atoms with van der Waals surface area (Å²) in [4.78, 5) is 5.03. The van der Waals surface area contributed by atoms with Crippen LogP contribution in [0.3, 0.4) is 0 Å². The summed E-state index contributed by atoms with van der Waals surface area (Å²) in [5.74, 6) is 0. The van der Waals surface area contributed by atoms with E-state index in [1.165, 1.54) is 24.5 Å². The van der Waals surface area contributed by atoms with Gasteiger partial charge in [-0.2, -0.15) is 0 Å². The van der Waals surface area contributed by atoms with Gasteiger partial charge in [0.05, 0.1) is 0 Å². The topological polar surface area (TPSA) is 18.5 Å². The lowest BCUT2D eigenvalue weighted by atomic mass is 10.2. The van der Waals surface area contributed by atoms with E-state index in [0.29, 0.717) is 6.04 Å². The van der Waals surface area contributed by atoms with E-state index in [0.717, 1.165) is 19.6 Å². The normalized spacial score (nSPS) is 17.2. The zero-order valence-electron chi connectivity index (χ0n) is 11.8. The van der Waals surface area contributed by atoms with E-state index in [-0.39, 0.29) is 0 Å². The highest BCUT2D eigenvalue weighted by Gasteiger charge is 2.18. The Morgan fingerprint density at radius 1 is 1.17 bits per heavy atom. The molecule has 1 fully saturated rings. The van der Waals surface area contributed by atoms with Crippen LogP contribution >= 0.6 is 0 Å². The molecule has 1 aliphatic rings. The van der Waals surface area contributed by atoms with Crippen LogP contribution in [-0.4, -0.2) is 43.7 Å². The number of anilines is 2. The van der Waals surface area contributed by atoms with E-state index in [4.69, 9.17) is 0 Å². The molecule has 0 spiro atoms. The smallest absolute Gasteiger partial charge is 0.0387 e. The summed E-state index contributed by atoms with van der Waals surface area (Å²) in [7, 11) is 0. The summed E-state index contributed by atoms with van der Waals surface area (Å²) >= 11 is 0. The van der Waals surface area contributed by atoms with Crippen molar-refractivity contribution >= 4 is 11.4 Å². The van der Waals surface area contributed by atoms with E-state index < -0.39 is 0 Å². The van der Waals surface area contributed by atoms with Crippen LogP contribution in [0.25, 0.3) is 0 Å². The molecule has 0 saturated carbocycles. The van der Waals surface area contributed by atoms with Crippen LogP contribution in [0.5, 0.6) is 0 Å². The van der Waals surface area contributed by atoms with Crippen LogP contribution in [0, 0.1) is 0 Å². The molecule has 1 aromatic rings. The summed E-state index contributed by atoms with van der Waals surface area (Å²) < 4.78 is 0. The molecule has 1 heterocycles. The highest BCUT2D eigenvalue weighted by Crippen LogP contribution is 2.21. The van der Waals surface area contributed by atoms with Crippen LogP contribution in [0.2, 0.25) is 0 Å². The monoisotopic (exact) mass is 247 g/mol. The van der Waals surface area contributed by atoms with Gasteiger partial charge in [0.1, 0.15) is 0 Å². The molecule has 1 N–H and O–H groups in total. The third-order valence-corrected chi connectivity index (χ3v) is 3.64. The van der Waals surface area contributed by atoms with Gasteiger partial charge in [-0.15, -0.1) is 0 Å². The number of benzene rings is 1. The Balaban J connectivity index is 1.98. The molecule has 3 heteroatoms. The Morgan fingerprint density at radius 2 is 1.89 bits per heavy atom. The highest BCUT2D eigenvalue weighted by atomic mass is 15.3. The van der Waals surface area contributed by atoms with Gasteiger partial charge in [-0.1, -0.05) is 6.07 Å². The molecule has 0 aliphatic carbocycles. The average molecular weight is 247 g/mol. The fourth-order valence-corrected chi connectivity index (χ4v) is 2.51. The number of nitrogens with zero attached hydrogens (tertiary/aromatic N) is 2. The molecule has 2 rings (SSSR count). The maximum Gasteiger partial charge on any atom is 0.0387 e. The molecule has 3 nitrogen and oxygen atoms in total. The fourth-order valence-electron chi connectivity index (χ4n) is 2.51. The van der Waals surface area contributed by atoms with E-state index in [1.54, 1.807) is 0 Å². The van der Waals surface area contributed by atoms with Gasteiger partial charge in [-0.05, 0) is 39.0 Å². The summed E-state index contributed by atoms with van der Waals surface area (Å²) in [5.41, 5.74) is 2.57. The van der Waals surface area contributed by atoms with Gasteiger partial charge in [-0.3, -0.25) is 4.90 Å².